The van der Waals surface area contributed by atoms with Crippen LogP contribution >= 0.6 is 11.6 Å². The van der Waals surface area contributed by atoms with E-state index in [-0.39, 0.29) is 0 Å². The van der Waals surface area contributed by atoms with Gasteiger partial charge in [-0.15, -0.1) is 0 Å². The fraction of sp³-hybridized carbons (Fsp3) is 0.688. The summed E-state index contributed by atoms with van der Waals surface area (Å²) in [6.45, 7) is 9.61. The van der Waals surface area contributed by atoms with E-state index in [9.17, 15) is 0 Å². The topological polar surface area (TPSA) is 31.4 Å². The van der Waals surface area contributed by atoms with Crippen molar-refractivity contribution in [1.29, 1.82) is 0 Å². The van der Waals surface area contributed by atoms with E-state index in [1.54, 1.807) is 0 Å². The minimum absolute atomic E-state index is 0.628. The van der Waals surface area contributed by atoms with Crippen LogP contribution in [0.4, 0.5) is 5.82 Å². The summed E-state index contributed by atoms with van der Waals surface area (Å²) < 4.78 is 0. The van der Waals surface area contributed by atoms with Crippen LogP contribution < -0.4 is 10.2 Å². The molecule has 1 saturated heterocycles. The van der Waals surface area contributed by atoms with Gasteiger partial charge < -0.3 is 10.2 Å². The maximum atomic E-state index is 6.27. The molecular weight excluding hydrogens is 284 g/mol. The second-order valence-corrected chi connectivity index (χ2v) is 6.78. The Bertz CT molecular complexity index is 479. The van der Waals surface area contributed by atoms with E-state index in [2.05, 4.69) is 29.0 Å². The molecule has 1 N–H and O–H groups in total. The van der Waals surface area contributed by atoms with Crippen molar-refractivity contribution in [2.45, 2.75) is 45.3 Å². The molecule has 2 heterocycles. The zero-order valence-electron chi connectivity index (χ0n) is 13.0. The lowest BCUT2D eigenvalue weighted by molar-refractivity contribution is 0.209. The predicted molar refractivity (Wildman–Crippen MR) is 88.0 cm³/mol. The van der Waals surface area contributed by atoms with Crippen LogP contribution in [-0.2, 0) is 6.54 Å². The Morgan fingerprint density at radius 3 is 2.57 bits per heavy atom. The van der Waals surface area contributed by atoms with Crippen molar-refractivity contribution in [3.05, 3.63) is 22.8 Å². The summed E-state index contributed by atoms with van der Waals surface area (Å²) >= 11 is 6.27. The highest BCUT2D eigenvalue weighted by Crippen LogP contribution is 2.23. The molecule has 1 aromatic heterocycles. The third-order valence-corrected chi connectivity index (χ3v) is 4.75. The first-order chi connectivity index (χ1) is 10.1. The van der Waals surface area contributed by atoms with Crippen LogP contribution in [0.1, 0.15) is 32.4 Å². The number of nitrogens with zero attached hydrogens (tertiary/aromatic N) is 3. The summed E-state index contributed by atoms with van der Waals surface area (Å²) in [6, 6.07) is 5.35. The first kappa shape index (κ1) is 15.1. The van der Waals surface area contributed by atoms with Crippen molar-refractivity contribution in [3.63, 3.8) is 0 Å². The molecule has 21 heavy (non-hydrogen) atoms. The molecule has 0 amide bonds. The van der Waals surface area contributed by atoms with Gasteiger partial charge in [0.15, 0.2) is 0 Å². The molecule has 0 aromatic carbocycles. The Labute approximate surface area is 132 Å². The Kier molecular flexibility index (Phi) is 4.67. The maximum Gasteiger partial charge on any atom is 0.129 e. The van der Waals surface area contributed by atoms with Crippen LogP contribution in [-0.4, -0.2) is 48.1 Å². The number of hydrogen-bond acceptors (Lipinski definition) is 4. The van der Waals surface area contributed by atoms with Gasteiger partial charge in [0.25, 0.3) is 0 Å². The third kappa shape index (κ3) is 3.87. The van der Waals surface area contributed by atoms with Gasteiger partial charge >= 0.3 is 0 Å². The van der Waals surface area contributed by atoms with Crippen molar-refractivity contribution in [2.24, 2.45) is 0 Å². The Morgan fingerprint density at radius 2 is 1.95 bits per heavy atom. The highest BCUT2D eigenvalue weighted by molar-refractivity contribution is 6.31. The molecule has 0 radical (unpaired) electrons. The van der Waals surface area contributed by atoms with Gasteiger partial charge in [0.2, 0.25) is 0 Å². The molecule has 0 atom stereocenters. The number of nitrogens with one attached hydrogen (secondary N) is 1. The van der Waals surface area contributed by atoms with Crippen LogP contribution in [0.15, 0.2) is 12.1 Å². The number of aromatic nitrogens is 1. The average Bonchev–Trinajstić information content (AvgIpc) is 3.31. The van der Waals surface area contributed by atoms with Crippen LogP contribution in [0.3, 0.4) is 0 Å². The summed E-state index contributed by atoms with van der Waals surface area (Å²) in [5, 5.41) is 4.26. The van der Waals surface area contributed by atoms with Crippen molar-refractivity contribution < 1.29 is 0 Å². The standard InChI is InChI=1S/C16H25ClN4/c1-12(2)20-7-9-21(10-8-20)16-6-5-14(17)15(19-16)11-18-13-3-4-13/h5-6,12-13,18H,3-4,7-11H2,1-2H3. The molecule has 1 aliphatic heterocycles. The smallest absolute Gasteiger partial charge is 0.129 e. The van der Waals surface area contributed by atoms with E-state index in [0.717, 1.165) is 49.3 Å². The molecule has 0 spiro atoms. The zero-order valence-corrected chi connectivity index (χ0v) is 13.7. The fourth-order valence-corrected chi connectivity index (χ4v) is 2.94. The molecule has 2 fully saturated rings. The highest BCUT2D eigenvalue weighted by Gasteiger charge is 2.22. The largest absolute Gasteiger partial charge is 0.354 e. The lowest BCUT2D eigenvalue weighted by Gasteiger charge is -2.37. The minimum atomic E-state index is 0.628. The van der Waals surface area contributed by atoms with Crippen LogP contribution in [0.2, 0.25) is 5.02 Å². The number of anilines is 1. The molecule has 1 aliphatic carbocycles. The summed E-state index contributed by atoms with van der Waals surface area (Å²) in [5.74, 6) is 1.07. The molecule has 0 unspecified atom stereocenters. The van der Waals surface area contributed by atoms with Crippen molar-refractivity contribution in [2.75, 3.05) is 31.1 Å². The molecule has 1 aromatic rings. The molecule has 3 rings (SSSR count). The predicted octanol–water partition coefficient (Wildman–Crippen LogP) is 2.52. The molecule has 0 bridgehead atoms. The van der Waals surface area contributed by atoms with Crippen LogP contribution in [0.25, 0.3) is 0 Å². The lowest BCUT2D eigenvalue weighted by Crippen LogP contribution is -2.49. The molecule has 116 valence electrons. The van der Waals surface area contributed by atoms with E-state index < -0.39 is 0 Å². The number of hydrogen-bond donors (Lipinski definition) is 1. The first-order valence-electron chi connectivity index (χ1n) is 8.01. The minimum Gasteiger partial charge on any atom is -0.354 e. The lowest BCUT2D eigenvalue weighted by atomic mass is 10.2. The van der Waals surface area contributed by atoms with Crippen LogP contribution in [0, 0.1) is 0 Å². The van der Waals surface area contributed by atoms with Gasteiger partial charge in [0, 0.05) is 44.8 Å². The van der Waals surface area contributed by atoms with Gasteiger partial charge in [-0.05, 0) is 38.8 Å². The van der Waals surface area contributed by atoms with Gasteiger partial charge in [0.1, 0.15) is 5.82 Å². The van der Waals surface area contributed by atoms with E-state index in [1.165, 1.54) is 12.8 Å². The Hall–Kier alpha value is -0.840. The normalized spacial score (nSPS) is 20.3. The molecule has 4 nitrogen and oxygen atoms in total. The summed E-state index contributed by atoms with van der Waals surface area (Å²) in [4.78, 5) is 9.67. The maximum absolute atomic E-state index is 6.27. The summed E-state index contributed by atoms with van der Waals surface area (Å²) in [6.07, 6.45) is 2.57. The van der Waals surface area contributed by atoms with Crippen LogP contribution in [0.5, 0.6) is 0 Å². The van der Waals surface area contributed by atoms with Crippen molar-refractivity contribution in [1.82, 2.24) is 15.2 Å². The van der Waals surface area contributed by atoms with Gasteiger partial charge in [-0.3, -0.25) is 4.90 Å². The Balaban J connectivity index is 1.63. The van der Waals surface area contributed by atoms with E-state index in [0.29, 0.717) is 12.1 Å². The third-order valence-electron chi connectivity index (χ3n) is 4.41. The van der Waals surface area contributed by atoms with Crippen molar-refractivity contribution in [3.8, 4) is 0 Å². The summed E-state index contributed by atoms with van der Waals surface area (Å²) in [7, 11) is 0. The quantitative estimate of drug-likeness (QED) is 0.906. The monoisotopic (exact) mass is 308 g/mol. The van der Waals surface area contributed by atoms with E-state index >= 15 is 0 Å². The zero-order chi connectivity index (χ0) is 14.8. The van der Waals surface area contributed by atoms with Gasteiger partial charge in [-0.25, -0.2) is 4.98 Å². The SMILES string of the molecule is CC(C)N1CCN(c2ccc(Cl)c(CNC3CC3)n2)CC1. The number of pyridine rings is 1. The second kappa shape index (κ2) is 6.51. The molecule has 2 aliphatic rings. The van der Waals surface area contributed by atoms with Crippen molar-refractivity contribution >= 4 is 17.4 Å². The Morgan fingerprint density at radius 1 is 1.24 bits per heavy atom. The first-order valence-corrected chi connectivity index (χ1v) is 8.39. The van der Waals surface area contributed by atoms with Gasteiger partial charge in [-0.1, -0.05) is 11.6 Å². The second-order valence-electron chi connectivity index (χ2n) is 6.37. The fourth-order valence-electron chi connectivity index (χ4n) is 2.77. The highest BCUT2D eigenvalue weighted by atomic mass is 35.5. The molecular formula is C16H25ClN4. The van der Waals surface area contributed by atoms with E-state index in [1.807, 2.05) is 12.1 Å². The molecule has 5 heteroatoms. The average molecular weight is 309 g/mol. The van der Waals surface area contributed by atoms with Gasteiger partial charge in [-0.2, -0.15) is 0 Å². The number of piperazine rings is 1. The number of halogens is 1. The summed E-state index contributed by atoms with van der Waals surface area (Å²) in [5.41, 5.74) is 0.979. The number of rotatable bonds is 5. The van der Waals surface area contributed by atoms with E-state index in [4.69, 9.17) is 16.6 Å². The molecule has 1 saturated carbocycles. The van der Waals surface area contributed by atoms with Gasteiger partial charge in [0.05, 0.1) is 10.7 Å².